The number of rotatable bonds is 4. The topological polar surface area (TPSA) is 51.0 Å². The van der Waals surface area contributed by atoms with Gasteiger partial charge in [0, 0.05) is 30.1 Å². The zero-order chi connectivity index (χ0) is 19.8. The minimum Gasteiger partial charge on any atom is -0.295 e. The van der Waals surface area contributed by atoms with Crippen LogP contribution >= 0.6 is 11.3 Å². The molecule has 0 aliphatic carbocycles. The summed E-state index contributed by atoms with van der Waals surface area (Å²) in [7, 11) is 0. The van der Waals surface area contributed by atoms with Crippen LogP contribution in [0.25, 0.3) is 10.2 Å². The number of nitrogens with zero attached hydrogens (tertiary/aromatic N) is 4. The van der Waals surface area contributed by atoms with Crippen molar-refractivity contribution < 1.29 is 0 Å². The maximum atomic E-state index is 13.6. The molecule has 148 valence electrons. The molecule has 0 spiro atoms. The van der Waals surface area contributed by atoms with Gasteiger partial charge in [0.2, 0.25) is 0 Å². The highest BCUT2D eigenvalue weighted by atomic mass is 32.1. The number of thiophene rings is 1. The van der Waals surface area contributed by atoms with Gasteiger partial charge >= 0.3 is 0 Å². The van der Waals surface area contributed by atoms with Crippen molar-refractivity contribution >= 4 is 21.6 Å². The van der Waals surface area contributed by atoms with E-state index in [1.165, 1.54) is 4.88 Å². The summed E-state index contributed by atoms with van der Waals surface area (Å²) in [6, 6.07) is 6.22. The first-order chi connectivity index (χ1) is 13.5. The van der Waals surface area contributed by atoms with E-state index in [4.69, 9.17) is 4.98 Å². The van der Waals surface area contributed by atoms with Gasteiger partial charge in [0.1, 0.15) is 10.7 Å². The summed E-state index contributed by atoms with van der Waals surface area (Å²) in [4.78, 5) is 27.5. The van der Waals surface area contributed by atoms with E-state index in [2.05, 4.69) is 36.7 Å². The first-order valence-corrected chi connectivity index (χ1v) is 10.9. The lowest BCUT2D eigenvalue weighted by molar-refractivity contribution is 0.164. The van der Waals surface area contributed by atoms with Crippen molar-refractivity contribution in [3.63, 3.8) is 0 Å². The lowest BCUT2D eigenvalue weighted by Gasteiger charge is -2.34. The van der Waals surface area contributed by atoms with Crippen LogP contribution < -0.4 is 5.56 Å². The van der Waals surface area contributed by atoms with Gasteiger partial charge < -0.3 is 0 Å². The lowest BCUT2D eigenvalue weighted by atomic mass is 10.0. The van der Waals surface area contributed by atoms with E-state index in [0.717, 1.165) is 59.8 Å². The van der Waals surface area contributed by atoms with Gasteiger partial charge in [0.05, 0.1) is 17.1 Å². The molecule has 28 heavy (non-hydrogen) atoms. The monoisotopic (exact) mass is 396 g/mol. The number of hydrogen-bond acceptors (Lipinski definition) is 5. The molecular weight excluding hydrogens is 368 g/mol. The Balaban J connectivity index is 1.72. The zero-order valence-corrected chi connectivity index (χ0v) is 17.9. The molecule has 0 aromatic carbocycles. The van der Waals surface area contributed by atoms with Crippen molar-refractivity contribution in [2.75, 3.05) is 13.1 Å². The van der Waals surface area contributed by atoms with Crippen LogP contribution in [0.3, 0.4) is 0 Å². The number of fused-ring (bicyclic) bond motifs is 1. The van der Waals surface area contributed by atoms with Gasteiger partial charge in [0.15, 0.2) is 0 Å². The Bertz CT molecular complexity index is 1040. The second-order valence-corrected chi connectivity index (χ2v) is 9.32. The molecule has 3 aromatic heterocycles. The third-order valence-corrected chi connectivity index (χ3v) is 6.84. The predicted octanol–water partition coefficient (Wildman–Crippen LogP) is 4.43. The Hall–Kier alpha value is -2.05. The maximum Gasteiger partial charge on any atom is 0.262 e. The van der Waals surface area contributed by atoms with Crippen molar-refractivity contribution in [1.29, 1.82) is 0 Å². The van der Waals surface area contributed by atoms with Crippen LogP contribution in [0.15, 0.2) is 29.2 Å². The third kappa shape index (κ3) is 3.51. The summed E-state index contributed by atoms with van der Waals surface area (Å²) in [6.07, 6.45) is 3.95. The van der Waals surface area contributed by atoms with E-state index >= 15 is 0 Å². The van der Waals surface area contributed by atoms with Gasteiger partial charge in [-0.25, -0.2) is 4.98 Å². The molecule has 3 aromatic rings. The normalized spacial score (nSPS) is 18.2. The number of piperidine rings is 1. The first kappa shape index (κ1) is 19.3. The van der Waals surface area contributed by atoms with Gasteiger partial charge in [-0.3, -0.25) is 19.2 Å². The lowest BCUT2D eigenvalue weighted by Crippen LogP contribution is -2.41. The first-order valence-electron chi connectivity index (χ1n) is 10.1. The van der Waals surface area contributed by atoms with Crippen LogP contribution in [0, 0.1) is 13.8 Å². The molecule has 1 fully saturated rings. The van der Waals surface area contributed by atoms with Crippen molar-refractivity contribution in [2.45, 2.75) is 59.0 Å². The Kier molecular flexibility index (Phi) is 5.34. The molecule has 0 bridgehead atoms. The van der Waals surface area contributed by atoms with Crippen LogP contribution in [0.1, 0.15) is 60.6 Å². The minimum atomic E-state index is 0.139. The molecule has 0 radical (unpaired) electrons. The fourth-order valence-electron chi connectivity index (χ4n) is 4.19. The molecule has 0 amide bonds. The van der Waals surface area contributed by atoms with E-state index in [1.54, 1.807) is 11.3 Å². The summed E-state index contributed by atoms with van der Waals surface area (Å²) in [6.45, 7) is 11.1. The summed E-state index contributed by atoms with van der Waals surface area (Å²) in [5.74, 6) is 1.13. The van der Waals surface area contributed by atoms with Gasteiger partial charge in [-0.1, -0.05) is 19.9 Å². The molecule has 1 saturated heterocycles. The van der Waals surface area contributed by atoms with E-state index < -0.39 is 0 Å². The molecule has 6 heteroatoms. The molecule has 0 saturated carbocycles. The minimum absolute atomic E-state index is 0.139. The quantitative estimate of drug-likeness (QED) is 0.655. The number of pyridine rings is 1. The number of aryl methyl sites for hydroxylation is 2. The SMILES string of the molecule is Cc1sc2nc(C(C)C)n([C@H]3CCCN(Cc4ccccn4)C3)c(=O)c2c1C. The average Bonchev–Trinajstić information content (AvgIpc) is 2.97. The maximum absolute atomic E-state index is 13.6. The fourth-order valence-corrected chi connectivity index (χ4v) is 5.22. The highest BCUT2D eigenvalue weighted by Crippen LogP contribution is 2.30. The molecule has 0 unspecified atom stereocenters. The van der Waals surface area contributed by atoms with Crippen LogP contribution in [0.2, 0.25) is 0 Å². The van der Waals surface area contributed by atoms with E-state index in [0.29, 0.717) is 0 Å². The second-order valence-electron chi connectivity index (χ2n) is 8.12. The highest BCUT2D eigenvalue weighted by molar-refractivity contribution is 7.18. The van der Waals surface area contributed by atoms with Crippen molar-refractivity contribution in [2.24, 2.45) is 0 Å². The van der Waals surface area contributed by atoms with Crippen molar-refractivity contribution in [3.05, 3.63) is 56.7 Å². The Morgan fingerprint density at radius 1 is 1.29 bits per heavy atom. The summed E-state index contributed by atoms with van der Waals surface area (Å²) >= 11 is 1.64. The molecule has 0 N–H and O–H groups in total. The third-order valence-electron chi connectivity index (χ3n) is 5.74. The van der Waals surface area contributed by atoms with Gasteiger partial charge in [-0.05, 0) is 50.9 Å². The van der Waals surface area contributed by atoms with Crippen LogP contribution in [0.5, 0.6) is 0 Å². The van der Waals surface area contributed by atoms with E-state index in [-0.39, 0.29) is 17.5 Å². The Morgan fingerprint density at radius 2 is 2.11 bits per heavy atom. The van der Waals surface area contributed by atoms with Crippen molar-refractivity contribution in [1.82, 2.24) is 19.4 Å². The fraction of sp³-hybridized carbons (Fsp3) is 0.500. The molecule has 5 nitrogen and oxygen atoms in total. The predicted molar refractivity (Wildman–Crippen MR) is 115 cm³/mol. The standard InChI is InChI=1S/C22H28N4OS/c1-14(2)20-24-21-19(15(3)16(4)28-21)22(27)26(20)18-9-7-11-25(13-18)12-17-8-5-6-10-23-17/h5-6,8,10,14,18H,7,9,11-13H2,1-4H3/t18-/m0/s1. The Labute approximate surface area is 170 Å². The zero-order valence-electron chi connectivity index (χ0n) is 17.1. The summed E-state index contributed by atoms with van der Waals surface area (Å²) < 4.78 is 2.01. The molecular formula is C22H28N4OS. The number of likely N-dealkylation sites (tertiary alicyclic amines) is 1. The summed E-state index contributed by atoms with van der Waals surface area (Å²) in [5, 5.41) is 0.814. The highest BCUT2D eigenvalue weighted by Gasteiger charge is 2.27. The summed E-state index contributed by atoms with van der Waals surface area (Å²) in [5.41, 5.74) is 2.31. The Morgan fingerprint density at radius 3 is 2.82 bits per heavy atom. The molecule has 4 heterocycles. The van der Waals surface area contributed by atoms with Gasteiger partial charge in [-0.15, -0.1) is 11.3 Å². The molecule has 1 aliphatic heterocycles. The molecule has 4 rings (SSSR count). The van der Waals surface area contributed by atoms with Crippen LogP contribution in [-0.2, 0) is 6.54 Å². The van der Waals surface area contributed by atoms with Crippen LogP contribution in [-0.4, -0.2) is 32.5 Å². The number of hydrogen-bond donors (Lipinski definition) is 0. The van der Waals surface area contributed by atoms with Crippen molar-refractivity contribution in [3.8, 4) is 0 Å². The van der Waals surface area contributed by atoms with Crippen LogP contribution in [0.4, 0.5) is 0 Å². The van der Waals surface area contributed by atoms with E-state index in [1.807, 2.05) is 29.8 Å². The van der Waals surface area contributed by atoms with Gasteiger partial charge in [0.25, 0.3) is 5.56 Å². The average molecular weight is 397 g/mol. The molecule has 1 aliphatic rings. The number of aromatic nitrogens is 3. The van der Waals surface area contributed by atoms with Gasteiger partial charge in [-0.2, -0.15) is 0 Å². The second kappa shape index (κ2) is 7.76. The largest absolute Gasteiger partial charge is 0.295 e. The smallest absolute Gasteiger partial charge is 0.262 e. The molecule has 1 atom stereocenters. The van der Waals surface area contributed by atoms with E-state index in [9.17, 15) is 4.79 Å².